The highest BCUT2D eigenvalue weighted by Crippen LogP contribution is 2.30. The van der Waals surface area contributed by atoms with Crippen LogP contribution in [0.15, 0.2) is 29.6 Å². The van der Waals surface area contributed by atoms with Gasteiger partial charge in [-0.05, 0) is 12.1 Å². The number of aromatic nitrogens is 1. The fraction of sp³-hybridized carbons (Fsp3) is 0.308. The molecule has 1 aliphatic rings. The third kappa shape index (κ3) is 2.06. The van der Waals surface area contributed by atoms with Crippen molar-refractivity contribution in [3.8, 4) is 16.3 Å². The Bertz CT molecular complexity index is 520. The summed E-state index contributed by atoms with van der Waals surface area (Å²) in [5.41, 5.74) is 2.35. The molecule has 1 aromatic heterocycles. The molecule has 0 atom stereocenters. The van der Waals surface area contributed by atoms with Crippen molar-refractivity contribution in [3.05, 3.63) is 35.3 Å². The fourth-order valence-corrected chi connectivity index (χ4v) is 2.76. The van der Waals surface area contributed by atoms with Crippen molar-refractivity contribution < 1.29 is 4.74 Å². The number of nitrogens with one attached hydrogen (secondary N) is 1. The molecule has 17 heavy (non-hydrogen) atoms. The summed E-state index contributed by atoms with van der Waals surface area (Å²) in [6.45, 7) is 2.11. The molecule has 0 bridgehead atoms. The highest BCUT2D eigenvalue weighted by molar-refractivity contribution is 7.13. The lowest BCUT2D eigenvalue weighted by molar-refractivity contribution is 0.415. The second-order valence-electron chi connectivity index (χ2n) is 4.16. The van der Waals surface area contributed by atoms with Crippen LogP contribution in [-0.2, 0) is 0 Å². The lowest BCUT2D eigenvalue weighted by atomic mass is 10.0. The predicted molar refractivity (Wildman–Crippen MR) is 69.7 cm³/mol. The molecular formula is C13H14N2OS. The molecule has 0 amide bonds. The summed E-state index contributed by atoms with van der Waals surface area (Å²) in [6.07, 6.45) is 0. The Morgan fingerprint density at radius 2 is 2.29 bits per heavy atom. The largest absolute Gasteiger partial charge is 0.497 e. The molecule has 1 saturated heterocycles. The van der Waals surface area contributed by atoms with Gasteiger partial charge in [-0.15, -0.1) is 11.3 Å². The normalized spacial score (nSPS) is 15.6. The van der Waals surface area contributed by atoms with Crippen LogP contribution in [0, 0.1) is 0 Å². The number of hydrogen-bond donors (Lipinski definition) is 1. The molecule has 1 aromatic carbocycles. The van der Waals surface area contributed by atoms with Crippen LogP contribution >= 0.6 is 11.3 Å². The van der Waals surface area contributed by atoms with E-state index in [1.165, 1.54) is 5.69 Å². The van der Waals surface area contributed by atoms with Gasteiger partial charge in [0.2, 0.25) is 0 Å². The van der Waals surface area contributed by atoms with Gasteiger partial charge < -0.3 is 10.1 Å². The van der Waals surface area contributed by atoms with Crippen molar-refractivity contribution >= 4 is 11.3 Å². The van der Waals surface area contributed by atoms with Gasteiger partial charge in [0.05, 0.1) is 12.8 Å². The SMILES string of the molecule is COc1cccc(-c2nc(C3CNC3)cs2)c1. The van der Waals surface area contributed by atoms with Gasteiger partial charge in [-0.3, -0.25) is 0 Å². The molecule has 0 saturated carbocycles. The van der Waals surface area contributed by atoms with Crippen LogP contribution in [0.25, 0.3) is 10.6 Å². The molecule has 3 rings (SSSR count). The highest BCUT2D eigenvalue weighted by atomic mass is 32.1. The molecule has 4 heteroatoms. The number of nitrogens with zero attached hydrogens (tertiary/aromatic N) is 1. The summed E-state index contributed by atoms with van der Waals surface area (Å²) in [4.78, 5) is 4.70. The maximum Gasteiger partial charge on any atom is 0.123 e. The molecule has 0 spiro atoms. The molecule has 0 radical (unpaired) electrons. The third-order valence-corrected chi connectivity index (χ3v) is 3.95. The molecule has 0 unspecified atom stereocenters. The summed E-state index contributed by atoms with van der Waals surface area (Å²) in [7, 11) is 1.69. The number of ether oxygens (including phenoxy) is 1. The van der Waals surface area contributed by atoms with Crippen LogP contribution in [0.1, 0.15) is 11.6 Å². The first-order valence-corrected chi connectivity index (χ1v) is 6.55. The zero-order chi connectivity index (χ0) is 11.7. The van der Waals surface area contributed by atoms with E-state index in [1.807, 2.05) is 18.2 Å². The molecule has 2 heterocycles. The van der Waals surface area contributed by atoms with Gasteiger partial charge in [0.15, 0.2) is 0 Å². The van der Waals surface area contributed by atoms with Gasteiger partial charge in [-0.2, -0.15) is 0 Å². The van der Waals surface area contributed by atoms with Crippen LogP contribution in [0.3, 0.4) is 0 Å². The summed E-state index contributed by atoms with van der Waals surface area (Å²) >= 11 is 1.70. The van der Waals surface area contributed by atoms with Crippen LogP contribution in [0.4, 0.5) is 0 Å². The van der Waals surface area contributed by atoms with Crippen LogP contribution in [-0.4, -0.2) is 25.2 Å². The lowest BCUT2D eigenvalue weighted by Gasteiger charge is -2.25. The van der Waals surface area contributed by atoms with Crippen molar-refractivity contribution in [3.63, 3.8) is 0 Å². The lowest BCUT2D eigenvalue weighted by Crippen LogP contribution is -2.40. The number of methoxy groups -OCH3 is 1. The Kier molecular flexibility index (Phi) is 2.82. The molecular weight excluding hydrogens is 232 g/mol. The summed E-state index contributed by atoms with van der Waals surface area (Å²) < 4.78 is 5.23. The fourth-order valence-electron chi connectivity index (χ4n) is 1.86. The van der Waals surface area contributed by atoms with E-state index < -0.39 is 0 Å². The van der Waals surface area contributed by atoms with Gasteiger partial charge in [-0.25, -0.2) is 4.98 Å². The minimum atomic E-state index is 0.602. The molecule has 88 valence electrons. The Balaban J connectivity index is 1.89. The summed E-state index contributed by atoms with van der Waals surface area (Å²) in [5.74, 6) is 1.48. The third-order valence-electron chi connectivity index (χ3n) is 3.04. The zero-order valence-electron chi connectivity index (χ0n) is 9.64. The zero-order valence-corrected chi connectivity index (χ0v) is 10.5. The van der Waals surface area contributed by atoms with Crippen molar-refractivity contribution in [2.75, 3.05) is 20.2 Å². The first-order chi connectivity index (χ1) is 8.36. The predicted octanol–water partition coefficient (Wildman–Crippen LogP) is 2.51. The molecule has 0 aliphatic carbocycles. The molecule has 3 nitrogen and oxygen atoms in total. The quantitative estimate of drug-likeness (QED) is 0.903. The number of hydrogen-bond acceptors (Lipinski definition) is 4. The van der Waals surface area contributed by atoms with Gasteiger partial charge >= 0.3 is 0 Å². The minimum absolute atomic E-state index is 0.602. The van der Waals surface area contributed by atoms with E-state index in [4.69, 9.17) is 9.72 Å². The van der Waals surface area contributed by atoms with Gasteiger partial charge in [0.1, 0.15) is 10.8 Å². The molecule has 2 aromatic rings. The van der Waals surface area contributed by atoms with Crippen molar-refractivity contribution in [1.82, 2.24) is 10.3 Å². The van der Waals surface area contributed by atoms with Crippen molar-refractivity contribution in [2.24, 2.45) is 0 Å². The number of benzene rings is 1. The second kappa shape index (κ2) is 4.47. The van der Waals surface area contributed by atoms with Gasteiger partial charge in [0.25, 0.3) is 0 Å². The Hall–Kier alpha value is -1.39. The van der Waals surface area contributed by atoms with E-state index in [1.54, 1.807) is 18.4 Å². The van der Waals surface area contributed by atoms with E-state index in [9.17, 15) is 0 Å². The smallest absolute Gasteiger partial charge is 0.123 e. The maximum absolute atomic E-state index is 5.23. The minimum Gasteiger partial charge on any atom is -0.497 e. The van der Waals surface area contributed by atoms with Gasteiger partial charge in [-0.1, -0.05) is 12.1 Å². The van der Waals surface area contributed by atoms with Gasteiger partial charge in [0, 0.05) is 30.0 Å². The first-order valence-electron chi connectivity index (χ1n) is 5.67. The van der Waals surface area contributed by atoms with Crippen LogP contribution in [0.5, 0.6) is 5.75 Å². The van der Waals surface area contributed by atoms with Crippen molar-refractivity contribution in [1.29, 1.82) is 0 Å². The van der Waals surface area contributed by atoms with E-state index in [0.717, 1.165) is 29.4 Å². The highest BCUT2D eigenvalue weighted by Gasteiger charge is 2.21. The molecule has 1 aliphatic heterocycles. The number of thiazole rings is 1. The average Bonchev–Trinajstić information content (AvgIpc) is 2.76. The monoisotopic (exact) mass is 246 g/mol. The van der Waals surface area contributed by atoms with E-state index in [2.05, 4.69) is 16.8 Å². The van der Waals surface area contributed by atoms with Crippen molar-refractivity contribution in [2.45, 2.75) is 5.92 Å². The standard InChI is InChI=1S/C13H14N2OS/c1-16-11-4-2-3-9(5-11)13-15-12(8-17-13)10-6-14-7-10/h2-5,8,10,14H,6-7H2,1H3. The Morgan fingerprint density at radius 3 is 3.00 bits per heavy atom. The van der Waals surface area contributed by atoms with E-state index in [-0.39, 0.29) is 0 Å². The Labute approximate surface area is 104 Å². The average molecular weight is 246 g/mol. The summed E-state index contributed by atoms with van der Waals surface area (Å²) in [6, 6.07) is 8.06. The molecule has 1 N–H and O–H groups in total. The Morgan fingerprint density at radius 1 is 1.41 bits per heavy atom. The maximum atomic E-state index is 5.23. The second-order valence-corrected chi connectivity index (χ2v) is 5.02. The molecule has 1 fully saturated rings. The first kappa shape index (κ1) is 10.7. The number of rotatable bonds is 3. The topological polar surface area (TPSA) is 34.1 Å². The van der Waals surface area contributed by atoms with Crippen LogP contribution in [0.2, 0.25) is 0 Å². The van der Waals surface area contributed by atoms with Crippen LogP contribution < -0.4 is 10.1 Å². The van der Waals surface area contributed by atoms with E-state index in [0.29, 0.717) is 5.92 Å². The summed E-state index contributed by atoms with van der Waals surface area (Å²) in [5, 5.41) is 6.51. The van der Waals surface area contributed by atoms with E-state index >= 15 is 0 Å².